The highest BCUT2D eigenvalue weighted by molar-refractivity contribution is 5.85. The molecule has 2 rings (SSSR count). The molecule has 1 aliphatic heterocycles. The molecule has 1 saturated carbocycles. The average Bonchev–Trinajstić information content (AvgIpc) is 2.89. The van der Waals surface area contributed by atoms with Gasteiger partial charge in [0.15, 0.2) is 0 Å². The van der Waals surface area contributed by atoms with Gasteiger partial charge in [0.05, 0.1) is 0 Å². The summed E-state index contributed by atoms with van der Waals surface area (Å²) in [7, 11) is 0. The molecule has 0 N–H and O–H groups in total. The summed E-state index contributed by atoms with van der Waals surface area (Å²) in [5.41, 5.74) is 0. The fourth-order valence-electron chi connectivity index (χ4n) is 3.61. The van der Waals surface area contributed by atoms with Crippen LogP contribution in [0.2, 0.25) is 0 Å². The third-order valence-corrected chi connectivity index (χ3v) is 4.94. The van der Waals surface area contributed by atoms with Crippen molar-refractivity contribution in [3.8, 4) is 0 Å². The number of hydrogen-bond acceptors (Lipinski definition) is 5. The summed E-state index contributed by atoms with van der Waals surface area (Å²) in [5, 5.41) is 0. The smallest absolute Gasteiger partial charge is 0.306 e. The first-order valence-electron chi connectivity index (χ1n) is 9.89. The van der Waals surface area contributed by atoms with E-state index in [1.807, 2.05) is 43.4 Å². The second-order valence-corrected chi connectivity index (χ2v) is 7.13. The molecule has 27 heavy (non-hydrogen) atoms. The van der Waals surface area contributed by atoms with E-state index >= 15 is 0 Å². The molecular weight excluding hydrogens is 344 g/mol. The first-order chi connectivity index (χ1) is 13.0. The van der Waals surface area contributed by atoms with Crippen molar-refractivity contribution in [1.29, 1.82) is 0 Å². The van der Waals surface area contributed by atoms with E-state index < -0.39 is 6.10 Å². The summed E-state index contributed by atoms with van der Waals surface area (Å²) in [6, 6.07) is 0. The molecule has 1 heterocycles. The number of ketones is 1. The molecule has 1 aliphatic carbocycles. The van der Waals surface area contributed by atoms with Crippen LogP contribution in [-0.4, -0.2) is 29.9 Å². The van der Waals surface area contributed by atoms with Crippen LogP contribution in [0.5, 0.6) is 0 Å². The highest BCUT2D eigenvalue weighted by Crippen LogP contribution is 2.35. The summed E-state index contributed by atoms with van der Waals surface area (Å²) in [6.45, 7) is 3.41. The lowest BCUT2D eigenvalue weighted by atomic mass is 9.90. The summed E-state index contributed by atoms with van der Waals surface area (Å²) in [6.07, 6.45) is 15.3. The molecule has 2 aliphatic rings. The van der Waals surface area contributed by atoms with E-state index in [1.54, 1.807) is 0 Å². The highest BCUT2D eigenvalue weighted by Gasteiger charge is 2.42. The monoisotopic (exact) mass is 374 g/mol. The predicted molar refractivity (Wildman–Crippen MR) is 103 cm³/mol. The Balaban J connectivity index is 2.24. The molecule has 0 spiro atoms. The van der Waals surface area contributed by atoms with Crippen LogP contribution in [0.15, 0.2) is 36.5 Å². The van der Waals surface area contributed by atoms with Crippen LogP contribution >= 0.6 is 0 Å². The average molecular weight is 374 g/mol. The van der Waals surface area contributed by atoms with Gasteiger partial charge in [0.2, 0.25) is 0 Å². The van der Waals surface area contributed by atoms with Crippen molar-refractivity contribution in [3.63, 3.8) is 0 Å². The number of carbonyl (C=O) groups excluding carboxylic acids is 3. The van der Waals surface area contributed by atoms with Crippen molar-refractivity contribution in [3.05, 3.63) is 36.5 Å². The van der Waals surface area contributed by atoms with Crippen molar-refractivity contribution < 1.29 is 23.9 Å². The second-order valence-electron chi connectivity index (χ2n) is 7.13. The Kier molecular flexibility index (Phi) is 8.49. The minimum absolute atomic E-state index is 0.120. The zero-order chi connectivity index (χ0) is 19.6. The molecule has 0 unspecified atom stereocenters. The second kappa shape index (κ2) is 10.9. The van der Waals surface area contributed by atoms with Crippen molar-refractivity contribution in [2.24, 2.45) is 11.8 Å². The molecule has 0 radical (unpaired) electrons. The molecule has 0 aromatic rings. The van der Waals surface area contributed by atoms with E-state index in [-0.39, 0.29) is 42.1 Å². The molecule has 0 saturated heterocycles. The summed E-state index contributed by atoms with van der Waals surface area (Å²) < 4.78 is 11.0. The van der Waals surface area contributed by atoms with Gasteiger partial charge < -0.3 is 9.47 Å². The van der Waals surface area contributed by atoms with Gasteiger partial charge in [-0.3, -0.25) is 14.4 Å². The van der Waals surface area contributed by atoms with Crippen LogP contribution in [-0.2, 0) is 23.9 Å². The van der Waals surface area contributed by atoms with Gasteiger partial charge in [-0.1, -0.05) is 37.3 Å². The largest absolute Gasteiger partial charge is 0.461 e. The van der Waals surface area contributed by atoms with Crippen LogP contribution in [0.4, 0.5) is 0 Å². The van der Waals surface area contributed by atoms with Gasteiger partial charge in [0, 0.05) is 38.0 Å². The number of hydrogen-bond donors (Lipinski definition) is 0. The third-order valence-electron chi connectivity index (χ3n) is 4.94. The van der Waals surface area contributed by atoms with Gasteiger partial charge in [-0.15, -0.1) is 0 Å². The normalized spacial score (nSPS) is 31.9. The maximum atomic E-state index is 12.5. The van der Waals surface area contributed by atoms with E-state index in [0.29, 0.717) is 19.3 Å². The molecule has 0 aromatic heterocycles. The van der Waals surface area contributed by atoms with E-state index in [1.165, 1.54) is 6.92 Å². The van der Waals surface area contributed by atoms with Crippen molar-refractivity contribution in [2.75, 3.05) is 0 Å². The summed E-state index contributed by atoms with van der Waals surface area (Å²) >= 11 is 0. The first kappa shape index (κ1) is 21.1. The fourth-order valence-corrected chi connectivity index (χ4v) is 3.61. The Labute approximate surface area is 161 Å². The van der Waals surface area contributed by atoms with Crippen molar-refractivity contribution >= 4 is 17.7 Å². The van der Waals surface area contributed by atoms with E-state index in [0.717, 1.165) is 19.3 Å². The topological polar surface area (TPSA) is 69.7 Å². The van der Waals surface area contributed by atoms with Crippen molar-refractivity contribution in [2.45, 2.75) is 71.0 Å². The minimum Gasteiger partial charge on any atom is -0.461 e. The number of ether oxygens (including phenoxy) is 2. The number of rotatable bonds is 4. The Hall–Kier alpha value is -2.17. The molecule has 5 nitrogen and oxygen atoms in total. The molecule has 4 atom stereocenters. The SMILES string of the molecule is CC/C=C\C[C@H]1/C=C/[C@H]2[C@H](OC(C)=O)CC(=O)[C@@H]2C/C=C\CCCC(=O)O1. The Morgan fingerprint density at radius 2 is 2.07 bits per heavy atom. The number of cyclic esters (lactones) is 1. The Morgan fingerprint density at radius 3 is 2.81 bits per heavy atom. The Bertz CT molecular complexity index is 616. The zero-order valence-electron chi connectivity index (χ0n) is 16.3. The summed E-state index contributed by atoms with van der Waals surface area (Å²) in [4.78, 5) is 36.0. The van der Waals surface area contributed by atoms with Gasteiger partial charge in [-0.2, -0.15) is 0 Å². The zero-order valence-corrected chi connectivity index (χ0v) is 16.3. The Morgan fingerprint density at radius 1 is 1.26 bits per heavy atom. The van der Waals surface area contributed by atoms with E-state index in [9.17, 15) is 14.4 Å². The highest BCUT2D eigenvalue weighted by atomic mass is 16.5. The van der Waals surface area contributed by atoms with Gasteiger partial charge in [0.1, 0.15) is 18.0 Å². The van der Waals surface area contributed by atoms with Crippen molar-refractivity contribution in [1.82, 2.24) is 0 Å². The van der Waals surface area contributed by atoms with Gasteiger partial charge in [-0.05, 0) is 31.8 Å². The number of allylic oxidation sites excluding steroid dienone is 3. The van der Waals surface area contributed by atoms with Crippen LogP contribution in [0.25, 0.3) is 0 Å². The number of esters is 2. The summed E-state index contributed by atoms with van der Waals surface area (Å²) in [5.74, 6) is -0.866. The lowest BCUT2D eigenvalue weighted by Crippen LogP contribution is -2.24. The number of carbonyl (C=O) groups is 3. The lowest BCUT2D eigenvalue weighted by molar-refractivity contribution is -0.147. The van der Waals surface area contributed by atoms with Gasteiger partial charge in [0.25, 0.3) is 0 Å². The van der Waals surface area contributed by atoms with Crippen LogP contribution < -0.4 is 0 Å². The maximum Gasteiger partial charge on any atom is 0.306 e. The molecule has 0 bridgehead atoms. The number of fused-ring (bicyclic) bond motifs is 1. The molecule has 1 fully saturated rings. The maximum absolute atomic E-state index is 12.5. The molecule has 0 amide bonds. The predicted octanol–water partition coefficient (Wildman–Crippen LogP) is 4.08. The molecule has 0 aromatic carbocycles. The lowest BCUT2D eigenvalue weighted by Gasteiger charge is -2.21. The van der Waals surface area contributed by atoms with Crippen LogP contribution in [0, 0.1) is 11.8 Å². The quantitative estimate of drug-likeness (QED) is 0.548. The van der Waals surface area contributed by atoms with Gasteiger partial charge in [-0.25, -0.2) is 0 Å². The fraction of sp³-hybridized carbons (Fsp3) is 0.591. The van der Waals surface area contributed by atoms with Crippen LogP contribution in [0.3, 0.4) is 0 Å². The third kappa shape index (κ3) is 6.81. The standard InChI is InChI=1S/C22H30O5/c1-3-4-7-10-17-13-14-19-18(20(24)15-21(19)26-16(2)23)11-8-5-6-9-12-22(25)27-17/h4-5,7-8,13-14,17-19,21H,3,6,9-12,15H2,1-2H3/b7-4-,8-5-,14-13+/t17-,18+,19+,21+/m0/s1. The van der Waals surface area contributed by atoms with E-state index in [4.69, 9.17) is 9.47 Å². The molecular formula is C22H30O5. The first-order valence-corrected chi connectivity index (χ1v) is 9.89. The van der Waals surface area contributed by atoms with Crippen LogP contribution in [0.1, 0.15) is 58.8 Å². The minimum atomic E-state index is -0.447. The number of Topliss-reactive ketones (excluding diaryl/α,β-unsaturated/α-hetero) is 1. The molecule has 5 heteroatoms. The molecule has 148 valence electrons. The van der Waals surface area contributed by atoms with E-state index in [2.05, 4.69) is 0 Å². The van der Waals surface area contributed by atoms with Gasteiger partial charge >= 0.3 is 11.9 Å².